The van der Waals surface area contributed by atoms with Gasteiger partial charge in [0.25, 0.3) is 0 Å². The predicted octanol–water partition coefficient (Wildman–Crippen LogP) is 1.86. The van der Waals surface area contributed by atoms with Gasteiger partial charge in [0.05, 0.1) is 29.7 Å². The quantitative estimate of drug-likeness (QED) is 0.852. The van der Waals surface area contributed by atoms with Gasteiger partial charge < -0.3 is 5.73 Å². The van der Waals surface area contributed by atoms with E-state index in [-0.39, 0.29) is 5.56 Å². The van der Waals surface area contributed by atoms with Gasteiger partial charge in [-0.05, 0) is 6.07 Å². The molecule has 3 nitrogen and oxygen atoms in total. The van der Waals surface area contributed by atoms with Crippen LogP contribution in [0.3, 0.4) is 0 Å². The van der Waals surface area contributed by atoms with Crippen molar-refractivity contribution in [3.05, 3.63) is 47.3 Å². The standard InChI is InChI=1S/C9H7F2N3S/c10-6-3-1-2-5(8(6)11)9(12)7-4-13-15-14-7/h1-4,9H,12H2. The van der Waals surface area contributed by atoms with Crippen LogP contribution in [0.15, 0.2) is 24.4 Å². The van der Waals surface area contributed by atoms with Crippen molar-refractivity contribution < 1.29 is 8.78 Å². The zero-order chi connectivity index (χ0) is 10.8. The van der Waals surface area contributed by atoms with Crippen molar-refractivity contribution in [1.82, 2.24) is 8.75 Å². The third-order valence-electron chi connectivity index (χ3n) is 2.01. The molecular weight excluding hydrogens is 220 g/mol. The molecule has 0 amide bonds. The van der Waals surface area contributed by atoms with Gasteiger partial charge in [-0.3, -0.25) is 0 Å². The minimum atomic E-state index is -0.932. The van der Waals surface area contributed by atoms with Crippen LogP contribution >= 0.6 is 11.7 Å². The summed E-state index contributed by atoms with van der Waals surface area (Å²) < 4.78 is 33.9. The Labute approximate surface area is 88.9 Å². The van der Waals surface area contributed by atoms with E-state index < -0.39 is 17.7 Å². The summed E-state index contributed by atoms with van der Waals surface area (Å²) in [6.45, 7) is 0. The highest BCUT2D eigenvalue weighted by Gasteiger charge is 2.17. The summed E-state index contributed by atoms with van der Waals surface area (Å²) >= 11 is 0.976. The summed E-state index contributed by atoms with van der Waals surface area (Å²) in [6, 6.07) is 3.11. The van der Waals surface area contributed by atoms with Crippen LogP contribution in [0.5, 0.6) is 0 Å². The summed E-state index contributed by atoms with van der Waals surface area (Å²) in [5.74, 6) is -1.84. The van der Waals surface area contributed by atoms with Gasteiger partial charge >= 0.3 is 0 Å². The van der Waals surface area contributed by atoms with Crippen LogP contribution in [-0.2, 0) is 0 Å². The maximum absolute atomic E-state index is 13.3. The van der Waals surface area contributed by atoms with Crippen molar-refractivity contribution >= 4 is 11.7 Å². The van der Waals surface area contributed by atoms with Crippen molar-refractivity contribution in [3.63, 3.8) is 0 Å². The number of benzene rings is 1. The molecule has 0 aliphatic carbocycles. The lowest BCUT2D eigenvalue weighted by molar-refractivity contribution is 0.494. The van der Waals surface area contributed by atoms with Gasteiger partial charge in [0.15, 0.2) is 11.6 Å². The minimum Gasteiger partial charge on any atom is -0.319 e. The molecule has 2 rings (SSSR count). The maximum atomic E-state index is 13.3. The zero-order valence-electron chi connectivity index (χ0n) is 7.52. The third-order valence-corrected chi connectivity index (χ3v) is 2.51. The molecule has 15 heavy (non-hydrogen) atoms. The average Bonchev–Trinajstić information content (AvgIpc) is 2.74. The molecule has 0 saturated heterocycles. The molecule has 1 heterocycles. The van der Waals surface area contributed by atoms with Crippen molar-refractivity contribution in [1.29, 1.82) is 0 Å². The van der Waals surface area contributed by atoms with Crippen LogP contribution in [0, 0.1) is 11.6 Å². The van der Waals surface area contributed by atoms with E-state index in [2.05, 4.69) is 8.75 Å². The van der Waals surface area contributed by atoms with Crippen molar-refractivity contribution in [2.45, 2.75) is 6.04 Å². The predicted molar refractivity (Wildman–Crippen MR) is 52.3 cm³/mol. The summed E-state index contributed by atoms with van der Waals surface area (Å²) in [5, 5.41) is 0. The van der Waals surface area contributed by atoms with Crippen LogP contribution in [0.25, 0.3) is 0 Å². The highest BCUT2D eigenvalue weighted by molar-refractivity contribution is 6.99. The second kappa shape index (κ2) is 4.00. The summed E-state index contributed by atoms with van der Waals surface area (Å²) in [5.41, 5.74) is 6.25. The normalized spacial score (nSPS) is 12.7. The first kappa shape index (κ1) is 10.1. The van der Waals surface area contributed by atoms with E-state index in [1.165, 1.54) is 18.3 Å². The summed E-state index contributed by atoms with van der Waals surface area (Å²) in [6.07, 6.45) is 1.44. The van der Waals surface area contributed by atoms with Crippen LogP contribution in [0.1, 0.15) is 17.3 Å². The first-order valence-electron chi connectivity index (χ1n) is 4.17. The Morgan fingerprint density at radius 1 is 1.33 bits per heavy atom. The fourth-order valence-corrected chi connectivity index (χ4v) is 1.69. The molecule has 1 aromatic carbocycles. The van der Waals surface area contributed by atoms with Crippen molar-refractivity contribution in [3.8, 4) is 0 Å². The summed E-state index contributed by atoms with van der Waals surface area (Å²) in [4.78, 5) is 0. The Kier molecular flexibility index (Phi) is 2.70. The van der Waals surface area contributed by atoms with E-state index in [9.17, 15) is 8.78 Å². The summed E-state index contributed by atoms with van der Waals surface area (Å²) in [7, 11) is 0. The van der Waals surface area contributed by atoms with E-state index in [4.69, 9.17) is 5.73 Å². The second-order valence-corrected chi connectivity index (χ2v) is 3.51. The van der Waals surface area contributed by atoms with Crippen LogP contribution in [0.2, 0.25) is 0 Å². The molecule has 78 valence electrons. The van der Waals surface area contributed by atoms with E-state index in [0.717, 1.165) is 17.8 Å². The fraction of sp³-hybridized carbons (Fsp3) is 0.111. The Morgan fingerprint density at radius 2 is 2.13 bits per heavy atom. The molecule has 2 aromatic rings. The molecule has 1 atom stereocenters. The lowest BCUT2D eigenvalue weighted by atomic mass is 10.0. The smallest absolute Gasteiger partial charge is 0.163 e. The topological polar surface area (TPSA) is 51.8 Å². The molecule has 2 N–H and O–H groups in total. The third kappa shape index (κ3) is 1.86. The average molecular weight is 227 g/mol. The maximum Gasteiger partial charge on any atom is 0.163 e. The monoisotopic (exact) mass is 227 g/mol. The number of aromatic nitrogens is 2. The fourth-order valence-electron chi connectivity index (χ4n) is 1.23. The largest absolute Gasteiger partial charge is 0.319 e. The highest BCUT2D eigenvalue weighted by atomic mass is 32.1. The Balaban J connectivity index is 2.42. The first-order valence-corrected chi connectivity index (χ1v) is 4.90. The van der Waals surface area contributed by atoms with Gasteiger partial charge in [0.1, 0.15) is 0 Å². The highest BCUT2D eigenvalue weighted by Crippen LogP contribution is 2.22. The van der Waals surface area contributed by atoms with Gasteiger partial charge in [0, 0.05) is 5.56 Å². The molecule has 0 spiro atoms. The minimum absolute atomic E-state index is 0.0858. The van der Waals surface area contributed by atoms with Crippen LogP contribution in [0.4, 0.5) is 8.78 Å². The lowest BCUT2D eigenvalue weighted by Crippen LogP contribution is -2.14. The SMILES string of the molecule is NC(c1cnsn1)c1cccc(F)c1F. The Hall–Kier alpha value is -1.40. The van der Waals surface area contributed by atoms with Crippen LogP contribution in [-0.4, -0.2) is 8.75 Å². The second-order valence-electron chi connectivity index (χ2n) is 2.95. The van der Waals surface area contributed by atoms with Gasteiger partial charge in [-0.15, -0.1) is 0 Å². The molecular formula is C9H7F2N3S. The molecule has 0 saturated carbocycles. The van der Waals surface area contributed by atoms with Gasteiger partial charge in [0.2, 0.25) is 0 Å². The first-order chi connectivity index (χ1) is 7.20. The molecule has 0 radical (unpaired) electrons. The Morgan fingerprint density at radius 3 is 2.80 bits per heavy atom. The molecule has 0 aliphatic rings. The zero-order valence-corrected chi connectivity index (χ0v) is 8.34. The van der Waals surface area contributed by atoms with E-state index in [0.29, 0.717) is 5.69 Å². The number of rotatable bonds is 2. The number of nitrogens with zero attached hydrogens (tertiary/aromatic N) is 2. The van der Waals surface area contributed by atoms with Gasteiger partial charge in [-0.1, -0.05) is 12.1 Å². The van der Waals surface area contributed by atoms with Crippen molar-refractivity contribution in [2.75, 3.05) is 0 Å². The molecule has 0 aliphatic heterocycles. The number of hydrogen-bond donors (Lipinski definition) is 1. The van der Waals surface area contributed by atoms with Crippen molar-refractivity contribution in [2.24, 2.45) is 5.73 Å². The van der Waals surface area contributed by atoms with Crippen LogP contribution < -0.4 is 5.73 Å². The van der Waals surface area contributed by atoms with E-state index >= 15 is 0 Å². The number of hydrogen-bond acceptors (Lipinski definition) is 4. The van der Waals surface area contributed by atoms with Gasteiger partial charge in [-0.2, -0.15) is 8.75 Å². The molecule has 0 bridgehead atoms. The van der Waals surface area contributed by atoms with Gasteiger partial charge in [-0.25, -0.2) is 8.78 Å². The molecule has 6 heteroatoms. The Bertz CT molecular complexity index is 458. The van der Waals surface area contributed by atoms with E-state index in [1.54, 1.807) is 0 Å². The lowest BCUT2D eigenvalue weighted by Gasteiger charge is -2.09. The molecule has 0 fully saturated rings. The molecule has 1 unspecified atom stereocenters. The number of nitrogens with two attached hydrogens (primary N) is 1. The van der Waals surface area contributed by atoms with E-state index in [1.807, 2.05) is 0 Å². The number of halogens is 2. The molecule has 1 aromatic heterocycles.